The first-order valence-corrected chi connectivity index (χ1v) is 12.3. The van der Waals surface area contributed by atoms with Crippen LogP contribution in [-0.2, 0) is 20.9 Å². The van der Waals surface area contributed by atoms with Gasteiger partial charge >= 0.3 is 0 Å². The van der Waals surface area contributed by atoms with Gasteiger partial charge in [0.2, 0.25) is 0 Å². The van der Waals surface area contributed by atoms with Gasteiger partial charge in [-0.1, -0.05) is 64.1 Å². The van der Waals surface area contributed by atoms with Crippen molar-refractivity contribution in [2.45, 2.75) is 78.6 Å². The van der Waals surface area contributed by atoms with Crippen molar-refractivity contribution in [3.8, 4) is 0 Å². The first-order valence-electron chi connectivity index (χ1n) is 12.3. The molecule has 1 aromatic carbocycles. The maximum atomic E-state index is 13.3. The van der Waals surface area contributed by atoms with Crippen LogP contribution >= 0.6 is 0 Å². The summed E-state index contributed by atoms with van der Waals surface area (Å²) in [4.78, 5) is 13.3. The Kier molecular flexibility index (Phi) is 6.43. The third kappa shape index (κ3) is 3.59. The minimum absolute atomic E-state index is 0.102. The lowest BCUT2D eigenvalue weighted by atomic mass is 9.44. The van der Waals surface area contributed by atoms with Crippen molar-refractivity contribution in [2.24, 2.45) is 34.0 Å². The van der Waals surface area contributed by atoms with Gasteiger partial charge in [0, 0.05) is 23.2 Å². The molecule has 0 amide bonds. The predicted octanol–water partition coefficient (Wildman–Crippen LogP) is 5.54. The molecule has 176 valence electrons. The van der Waals surface area contributed by atoms with Crippen molar-refractivity contribution < 1.29 is 19.4 Å². The summed E-state index contributed by atoms with van der Waals surface area (Å²) in [6.45, 7) is 13.7. The van der Waals surface area contributed by atoms with Gasteiger partial charge in [-0.25, -0.2) is 0 Å². The standard InChI is InChI=1S/C28H40O4/c1-6-26(4)16-23(30)27(5)19(2)12-14-28(15-13-22(29)24(27)28)20(3)25(26)32-18-31-17-21-10-8-7-9-11-21/h6-11,19-20,23-25,30H,1,12-18H2,2-5H3/t19-,20-,23-,24?,25+,26-,27+,28+/m1/s1. The van der Waals surface area contributed by atoms with Crippen LogP contribution in [0.25, 0.3) is 0 Å². The lowest BCUT2D eigenvalue weighted by Gasteiger charge is -2.62. The number of benzene rings is 1. The fourth-order valence-electron chi connectivity index (χ4n) is 7.54. The predicted molar refractivity (Wildman–Crippen MR) is 126 cm³/mol. The number of ether oxygens (including phenoxy) is 2. The Balaban J connectivity index is 1.63. The van der Waals surface area contributed by atoms with Gasteiger partial charge in [0.15, 0.2) is 0 Å². The molecule has 1 aromatic rings. The molecule has 4 heteroatoms. The van der Waals surface area contributed by atoms with E-state index in [1.165, 1.54) is 0 Å². The SMILES string of the molecule is C=C[C@]1(C)C[C@@H](O)[C@@]2(C)C3C(=O)CC[C@@]3(CC[C@H]2C)[C@H](C)[C@@H]1OCOCc1ccccc1. The van der Waals surface area contributed by atoms with Crippen molar-refractivity contribution in [3.63, 3.8) is 0 Å². The minimum Gasteiger partial charge on any atom is -0.392 e. The second-order valence-corrected chi connectivity index (χ2v) is 11.2. The van der Waals surface area contributed by atoms with Crippen LogP contribution in [0.15, 0.2) is 43.0 Å². The van der Waals surface area contributed by atoms with E-state index in [1.54, 1.807) is 0 Å². The molecule has 4 rings (SSSR count). The highest BCUT2D eigenvalue weighted by molar-refractivity contribution is 5.85. The maximum absolute atomic E-state index is 13.3. The molecule has 0 radical (unpaired) electrons. The molecule has 2 bridgehead atoms. The molecule has 0 aliphatic heterocycles. The monoisotopic (exact) mass is 440 g/mol. The summed E-state index contributed by atoms with van der Waals surface area (Å²) in [7, 11) is 0. The molecule has 0 spiro atoms. The Hall–Kier alpha value is -1.49. The molecule has 0 saturated heterocycles. The van der Waals surface area contributed by atoms with Crippen LogP contribution in [0, 0.1) is 34.0 Å². The summed E-state index contributed by atoms with van der Waals surface area (Å²) in [6.07, 6.45) is 5.34. The van der Waals surface area contributed by atoms with Crippen LogP contribution in [0.4, 0.5) is 0 Å². The fourth-order valence-corrected chi connectivity index (χ4v) is 7.54. The minimum atomic E-state index is -0.573. The molecule has 3 saturated carbocycles. The number of rotatable bonds is 6. The molecular weight excluding hydrogens is 400 g/mol. The third-order valence-electron chi connectivity index (χ3n) is 9.73. The van der Waals surface area contributed by atoms with Gasteiger partial charge < -0.3 is 14.6 Å². The average molecular weight is 441 g/mol. The highest BCUT2D eigenvalue weighted by atomic mass is 16.7. The van der Waals surface area contributed by atoms with Crippen LogP contribution in [0.2, 0.25) is 0 Å². The Morgan fingerprint density at radius 2 is 1.91 bits per heavy atom. The highest BCUT2D eigenvalue weighted by Gasteiger charge is 2.67. The van der Waals surface area contributed by atoms with Gasteiger partial charge in [-0.3, -0.25) is 4.79 Å². The largest absolute Gasteiger partial charge is 0.392 e. The zero-order chi connectivity index (χ0) is 23.1. The van der Waals surface area contributed by atoms with Crippen molar-refractivity contribution in [1.82, 2.24) is 0 Å². The van der Waals surface area contributed by atoms with E-state index >= 15 is 0 Å². The molecule has 32 heavy (non-hydrogen) atoms. The molecule has 3 aliphatic carbocycles. The van der Waals surface area contributed by atoms with Crippen LogP contribution in [-0.4, -0.2) is 29.9 Å². The first-order chi connectivity index (χ1) is 15.2. The average Bonchev–Trinajstić information content (AvgIpc) is 3.14. The second-order valence-electron chi connectivity index (χ2n) is 11.2. The van der Waals surface area contributed by atoms with Gasteiger partial charge in [-0.2, -0.15) is 0 Å². The zero-order valence-electron chi connectivity index (χ0n) is 20.2. The summed E-state index contributed by atoms with van der Waals surface area (Å²) < 4.78 is 12.4. The fraction of sp³-hybridized carbons (Fsp3) is 0.679. The van der Waals surface area contributed by atoms with Gasteiger partial charge in [0.25, 0.3) is 0 Å². The van der Waals surface area contributed by atoms with E-state index in [-0.39, 0.29) is 30.1 Å². The van der Waals surface area contributed by atoms with Crippen molar-refractivity contribution in [2.75, 3.05) is 6.79 Å². The van der Waals surface area contributed by atoms with E-state index in [0.29, 0.717) is 31.1 Å². The Bertz CT molecular complexity index is 837. The van der Waals surface area contributed by atoms with Crippen molar-refractivity contribution >= 4 is 5.78 Å². The number of aliphatic hydroxyl groups is 1. The summed E-state index contributed by atoms with van der Waals surface area (Å²) in [6, 6.07) is 10.1. The molecule has 3 fully saturated rings. The molecule has 0 heterocycles. The number of ketones is 1. The lowest BCUT2D eigenvalue weighted by molar-refractivity contribution is -0.218. The summed E-state index contributed by atoms with van der Waals surface area (Å²) in [5.41, 5.74) is 0.171. The van der Waals surface area contributed by atoms with E-state index in [2.05, 4.69) is 34.3 Å². The van der Waals surface area contributed by atoms with E-state index in [9.17, 15) is 9.90 Å². The Morgan fingerprint density at radius 3 is 2.59 bits per heavy atom. The smallest absolute Gasteiger partial charge is 0.147 e. The molecule has 8 atom stereocenters. The molecule has 3 aliphatic rings. The van der Waals surface area contributed by atoms with Crippen LogP contribution < -0.4 is 0 Å². The van der Waals surface area contributed by atoms with Gasteiger partial charge in [0.05, 0.1) is 18.8 Å². The van der Waals surface area contributed by atoms with E-state index in [0.717, 1.165) is 24.8 Å². The molecular formula is C28H40O4. The number of carbonyl (C=O) groups excluding carboxylic acids is 1. The van der Waals surface area contributed by atoms with E-state index in [4.69, 9.17) is 9.47 Å². The molecule has 1 unspecified atom stereocenters. The van der Waals surface area contributed by atoms with Crippen molar-refractivity contribution in [3.05, 3.63) is 48.6 Å². The quantitative estimate of drug-likeness (QED) is 0.358. The van der Waals surface area contributed by atoms with E-state index < -0.39 is 16.9 Å². The van der Waals surface area contributed by atoms with Gasteiger partial charge in [0.1, 0.15) is 12.6 Å². The zero-order valence-corrected chi connectivity index (χ0v) is 20.2. The van der Waals surface area contributed by atoms with Gasteiger partial charge in [-0.05, 0) is 48.5 Å². The Morgan fingerprint density at radius 1 is 1.19 bits per heavy atom. The normalized spacial score (nSPS) is 43.9. The molecule has 1 N–H and O–H groups in total. The van der Waals surface area contributed by atoms with Gasteiger partial charge in [-0.15, -0.1) is 6.58 Å². The summed E-state index contributed by atoms with van der Waals surface area (Å²) in [5, 5.41) is 11.6. The number of aliphatic hydroxyl groups excluding tert-OH is 1. The van der Waals surface area contributed by atoms with E-state index in [1.807, 2.05) is 36.4 Å². The third-order valence-corrected chi connectivity index (χ3v) is 9.73. The first kappa shape index (κ1) is 23.7. The second kappa shape index (κ2) is 8.70. The van der Waals surface area contributed by atoms with Crippen LogP contribution in [0.5, 0.6) is 0 Å². The van der Waals surface area contributed by atoms with Crippen molar-refractivity contribution in [1.29, 1.82) is 0 Å². The number of hydrogen-bond donors (Lipinski definition) is 1. The summed E-state index contributed by atoms with van der Waals surface area (Å²) in [5.74, 6) is 0.716. The molecule has 4 nitrogen and oxygen atoms in total. The summed E-state index contributed by atoms with van der Waals surface area (Å²) >= 11 is 0. The number of Topliss-reactive ketones (excluding diaryl/α,β-unsaturated/α-hetero) is 1. The number of hydrogen-bond acceptors (Lipinski definition) is 4. The molecule has 0 aromatic heterocycles. The highest BCUT2D eigenvalue weighted by Crippen LogP contribution is 2.67. The van der Waals surface area contributed by atoms with Crippen LogP contribution in [0.3, 0.4) is 0 Å². The maximum Gasteiger partial charge on any atom is 0.147 e. The topological polar surface area (TPSA) is 55.8 Å². The number of carbonyl (C=O) groups is 1. The lowest BCUT2D eigenvalue weighted by Crippen LogP contribution is -2.62. The Labute approximate surface area is 193 Å². The van der Waals surface area contributed by atoms with Crippen LogP contribution in [0.1, 0.15) is 65.4 Å².